The minimum Gasteiger partial charge on any atom is -0.381 e. The number of carbonyl (C=O) groups is 1. The van der Waals surface area contributed by atoms with Gasteiger partial charge in [-0.25, -0.2) is 0 Å². The third-order valence-electron chi connectivity index (χ3n) is 4.78. The van der Waals surface area contributed by atoms with Crippen molar-refractivity contribution in [2.45, 2.75) is 70.4 Å². The Balaban J connectivity index is 2.05. The lowest BCUT2D eigenvalue weighted by Crippen LogP contribution is -2.60. The molecule has 2 fully saturated rings. The van der Waals surface area contributed by atoms with Crippen molar-refractivity contribution in [1.29, 1.82) is 0 Å². The predicted molar refractivity (Wildman–Crippen MR) is 80.4 cm³/mol. The third kappa shape index (κ3) is 3.73. The van der Waals surface area contributed by atoms with E-state index in [0.29, 0.717) is 38.0 Å². The van der Waals surface area contributed by atoms with Gasteiger partial charge in [-0.15, -0.1) is 0 Å². The molecule has 0 radical (unpaired) electrons. The normalized spacial score (nSPS) is 23.2. The monoisotopic (exact) mass is 282 g/mol. The molecule has 4 nitrogen and oxygen atoms in total. The zero-order chi connectivity index (χ0) is 14.6. The zero-order valence-corrected chi connectivity index (χ0v) is 13.1. The molecular weight excluding hydrogens is 252 g/mol. The van der Waals surface area contributed by atoms with Crippen LogP contribution in [0.25, 0.3) is 0 Å². The van der Waals surface area contributed by atoms with Gasteiger partial charge in [-0.1, -0.05) is 26.7 Å². The van der Waals surface area contributed by atoms with Gasteiger partial charge < -0.3 is 15.4 Å². The maximum absolute atomic E-state index is 13.0. The molecule has 1 heterocycles. The zero-order valence-electron chi connectivity index (χ0n) is 13.1. The van der Waals surface area contributed by atoms with E-state index in [0.717, 1.165) is 25.8 Å². The van der Waals surface area contributed by atoms with Crippen LogP contribution in [0.15, 0.2) is 0 Å². The number of hydrogen-bond acceptors (Lipinski definition) is 3. The van der Waals surface area contributed by atoms with Gasteiger partial charge in [-0.05, 0) is 38.0 Å². The second kappa shape index (κ2) is 6.90. The molecule has 1 saturated heterocycles. The Morgan fingerprint density at radius 1 is 1.30 bits per heavy atom. The Bertz CT molecular complexity index is 318. The van der Waals surface area contributed by atoms with E-state index in [2.05, 4.69) is 18.7 Å². The molecule has 1 aliphatic carbocycles. The van der Waals surface area contributed by atoms with Gasteiger partial charge in [-0.2, -0.15) is 0 Å². The molecule has 0 spiro atoms. The first-order valence-electron chi connectivity index (χ1n) is 8.20. The van der Waals surface area contributed by atoms with Gasteiger partial charge in [-0.3, -0.25) is 4.79 Å². The number of amides is 1. The molecule has 0 aromatic carbocycles. The first-order chi connectivity index (χ1) is 9.53. The first kappa shape index (κ1) is 15.8. The van der Waals surface area contributed by atoms with Gasteiger partial charge in [0.2, 0.25) is 5.91 Å². The molecule has 1 aliphatic heterocycles. The van der Waals surface area contributed by atoms with Gasteiger partial charge in [0.15, 0.2) is 0 Å². The number of ether oxygens (including phenoxy) is 1. The molecule has 1 saturated carbocycles. The Morgan fingerprint density at radius 3 is 2.45 bits per heavy atom. The molecule has 4 heteroatoms. The van der Waals surface area contributed by atoms with E-state index in [-0.39, 0.29) is 5.91 Å². The van der Waals surface area contributed by atoms with Crippen LogP contribution < -0.4 is 5.73 Å². The van der Waals surface area contributed by atoms with Crippen LogP contribution in [0, 0.1) is 5.92 Å². The fourth-order valence-corrected chi connectivity index (χ4v) is 3.30. The summed E-state index contributed by atoms with van der Waals surface area (Å²) in [5.74, 6) is 0.795. The van der Waals surface area contributed by atoms with Gasteiger partial charge in [0.1, 0.15) is 0 Å². The minimum atomic E-state index is -0.683. The standard InChI is InChI=1S/C16H30N2O2/c1-13(2)7-10-18(14-5-3-4-6-14)15(19)16(17)8-11-20-12-9-16/h13-14H,3-12,17H2,1-2H3. The van der Waals surface area contributed by atoms with E-state index >= 15 is 0 Å². The molecule has 2 aliphatic rings. The summed E-state index contributed by atoms with van der Waals surface area (Å²) >= 11 is 0. The number of carbonyl (C=O) groups excluding carboxylic acids is 1. The molecule has 116 valence electrons. The predicted octanol–water partition coefficient (Wildman–Crippen LogP) is 2.31. The van der Waals surface area contributed by atoms with Crippen LogP contribution in [0.2, 0.25) is 0 Å². The van der Waals surface area contributed by atoms with Crippen molar-refractivity contribution in [3.8, 4) is 0 Å². The molecule has 0 atom stereocenters. The van der Waals surface area contributed by atoms with E-state index in [1.807, 2.05) is 0 Å². The Hall–Kier alpha value is -0.610. The highest BCUT2D eigenvalue weighted by molar-refractivity contribution is 5.86. The molecule has 20 heavy (non-hydrogen) atoms. The van der Waals surface area contributed by atoms with Gasteiger partial charge >= 0.3 is 0 Å². The van der Waals surface area contributed by atoms with Crippen LogP contribution in [0.1, 0.15) is 58.8 Å². The summed E-state index contributed by atoms with van der Waals surface area (Å²) in [6.45, 7) is 6.52. The van der Waals surface area contributed by atoms with Crippen molar-refractivity contribution in [2.75, 3.05) is 19.8 Å². The van der Waals surface area contributed by atoms with Crippen LogP contribution in [-0.4, -0.2) is 42.1 Å². The van der Waals surface area contributed by atoms with Crippen molar-refractivity contribution >= 4 is 5.91 Å². The number of hydrogen-bond donors (Lipinski definition) is 1. The van der Waals surface area contributed by atoms with Crippen LogP contribution in [0.4, 0.5) is 0 Å². The fourth-order valence-electron chi connectivity index (χ4n) is 3.30. The largest absolute Gasteiger partial charge is 0.381 e. The summed E-state index contributed by atoms with van der Waals surface area (Å²) < 4.78 is 5.37. The number of nitrogens with two attached hydrogens (primary N) is 1. The lowest BCUT2D eigenvalue weighted by Gasteiger charge is -2.39. The minimum absolute atomic E-state index is 0.174. The van der Waals surface area contributed by atoms with E-state index in [4.69, 9.17) is 10.5 Å². The summed E-state index contributed by atoms with van der Waals surface area (Å²) in [5.41, 5.74) is 5.72. The average molecular weight is 282 g/mol. The maximum atomic E-state index is 13.0. The second-order valence-electron chi connectivity index (χ2n) is 6.89. The molecule has 1 amide bonds. The summed E-state index contributed by atoms with van der Waals surface area (Å²) in [4.78, 5) is 15.1. The van der Waals surface area contributed by atoms with Crippen LogP contribution >= 0.6 is 0 Å². The first-order valence-corrected chi connectivity index (χ1v) is 8.20. The molecule has 0 bridgehead atoms. The third-order valence-corrected chi connectivity index (χ3v) is 4.78. The van der Waals surface area contributed by atoms with Crippen LogP contribution in [0.3, 0.4) is 0 Å². The Kier molecular flexibility index (Phi) is 5.44. The lowest BCUT2D eigenvalue weighted by molar-refractivity contribution is -0.143. The molecule has 2 N–H and O–H groups in total. The second-order valence-corrected chi connectivity index (χ2v) is 6.89. The van der Waals surface area contributed by atoms with Crippen molar-refractivity contribution < 1.29 is 9.53 Å². The smallest absolute Gasteiger partial charge is 0.243 e. The fraction of sp³-hybridized carbons (Fsp3) is 0.938. The van der Waals surface area contributed by atoms with E-state index in [9.17, 15) is 4.79 Å². The van der Waals surface area contributed by atoms with Crippen molar-refractivity contribution in [3.63, 3.8) is 0 Å². The van der Waals surface area contributed by atoms with E-state index in [1.54, 1.807) is 0 Å². The van der Waals surface area contributed by atoms with Crippen molar-refractivity contribution in [1.82, 2.24) is 4.90 Å². The van der Waals surface area contributed by atoms with Crippen LogP contribution in [0.5, 0.6) is 0 Å². The highest BCUT2D eigenvalue weighted by atomic mass is 16.5. The quantitative estimate of drug-likeness (QED) is 0.842. The number of nitrogens with zero attached hydrogens (tertiary/aromatic N) is 1. The Labute approximate surface area is 123 Å². The SMILES string of the molecule is CC(C)CCN(C(=O)C1(N)CCOCC1)C1CCCC1. The summed E-state index contributed by atoms with van der Waals surface area (Å²) in [6, 6.07) is 0.421. The number of rotatable bonds is 5. The summed E-state index contributed by atoms with van der Waals surface area (Å²) in [6.07, 6.45) is 7.18. The van der Waals surface area contributed by atoms with Gasteiger partial charge in [0, 0.05) is 25.8 Å². The highest BCUT2D eigenvalue weighted by Gasteiger charge is 2.41. The van der Waals surface area contributed by atoms with E-state index in [1.165, 1.54) is 12.8 Å². The Morgan fingerprint density at radius 2 is 1.90 bits per heavy atom. The van der Waals surface area contributed by atoms with E-state index < -0.39 is 5.54 Å². The van der Waals surface area contributed by atoms with Gasteiger partial charge in [0.05, 0.1) is 5.54 Å². The molecule has 0 aromatic rings. The molecule has 0 unspecified atom stereocenters. The highest BCUT2D eigenvalue weighted by Crippen LogP contribution is 2.28. The molecule has 0 aromatic heterocycles. The lowest BCUT2D eigenvalue weighted by atomic mass is 9.88. The maximum Gasteiger partial charge on any atom is 0.243 e. The van der Waals surface area contributed by atoms with Crippen molar-refractivity contribution in [2.24, 2.45) is 11.7 Å². The average Bonchev–Trinajstić information content (AvgIpc) is 2.93. The summed E-state index contributed by atoms with van der Waals surface area (Å²) in [5, 5.41) is 0. The van der Waals surface area contributed by atoms with Gasteiger partial charge in [0.25, 0.3) is 0 Å². The molecular formula is C16H30N2O2. The van der Waals surface area contributed by atoms with Crippen LogP contribution in [-0.2, 0) is 9.53 Å². The van der Waals surface area contributed by atoms with Crippen molar-refractivity contribution in [3.05, 3.63) is 0 Å². The topological polar surface area (TPSA) is 55.6 Å². The molecule has 2 rings (SSSR count). The summed E-state index contributed by atoms with van der Waals surface area (Å²) in [7, 11) is 0.